The van der Waals surface area contributed by atoms with Gasteiger partial charge in [0.1, 0.15) is 0 Å². The van der Waals surface area contributed by atoms with Gasteiger partial charge in [-0.2, -0.15) is 0 Å². The first-order valence-corrected chi connectivity index (χ1v) is 10.7. The highest BCUT2D eigenvalue weighted by atomic mass is 16.4. The number of rotatable bonds is 18. The van der Waals surface area contributed by atoms with Gasteiger partial charge in [0.2, 0.25) is 0 Å². The normalized spacial score (nSPS) is 10.5. The van der Waals surface area contributed by atoms with Crippen LogP contribution in [0.4, 0.5) is 0 Å². The lowest BCUT2D eigenvalue weighted by Crippen LogP contribution is -2.00. The summed E-state index contributed by atoms with van der Waals surface area (Å²) in [7, 11) is 0. The molecule has 6 nitrogen and oxygen atoms in total. The first-order valence-electron chi connectivity index (χ1n) is 10.7. The summed E-state index contributed by atoms with van der Waals surface area (Å²) in [5, 5.41) is 24.3. The lowest BCUT2D eigenvalue weighted by Gasteiger charge is -1.99. The molecule has 0 heterocycles. The van der Waals surface area contributed by atoms with E-state index in [9.17, 15) is 14.4 Å². The Labute approximate surface area is 170 Å². The molecule has 164 valence electrons. The van der Waals surface area contributed by atoms with Crippen molar-refractivity contribution in [1.82, 2.24) is 0 Å². The van der Waals surface area contributed by atoms with E-state index in [2.05, 4.69) is 19.1 Å². The second-order valence-corrected chi connectivity index (χ2v) is 7.02. The summed E-state index contributed by atoms with van der Waals surface area (Å²) >= 11 is 0. The topological polar surface area (TPSA) is 112 Å². The van der Waals surface area contributed by atoms with Crippen LogP contribution in [0.15, 0.2) is 12.2 Å². The highest BCUT2D eigenvalue weighted by Gasteiger charge is 2.00. The molecule has 0 fully saturated rings. The molecule has 0 aromatic heterocycles. The van der Waals surface area contributed by atoms with E-state index < -0.39 is 17.9 Å². The zero-order chi connectivity index (χ0) is 21.5. The molecule has 0 saturated heterocycles. The third-order valence-electron chi connectivity index (χ3n) is 4.21. The molecular formula is C22H40O6. The van der Waals surface area contributed by atoms with Gasteiger partial charge in [-0.3, -0.25) is 14.4 Å². The van der Waals surface area contributed by atoms with E-state index in [1.807, 2.05) is 0 Å². The number of allylic oxidation sites excluding steroid dienone is 2. The van der Waals surface area contributed by atoms with E-state index >= 15 is 0 Å². The maximum Gasteiger partial charge on any atom is 0.303 e. The fraction of sp³-hybridized carbons (Fsp3) is 0.773. The van der Waals surface area contributed by atoms with Crippen LogP contribution in [0.1, 0.15) is 110 Å². The molecule has 0 spiro atoms. The van der Waals surface area contributed by atoms with Crippen molar-refractivity contribution >= 4 is 17.9 Å². The Morgan fingerprint density at radius 3 is 1.29 bits per heavy atom. The number of aliphatic carboxylic acids is 3. The molecule has 0 aliphatic heterocycles. The smallest absolute Gasteiger partial charge is 0.303 e. The third kappa shape index (κ3) is 31.9. The largest absolute Gasteiger partial charge is 0.481 e. The second-order valence-electron chi connectivity index (χ2n) is 7.02. The molecule has 6 heteroatoms. The van der Waals surface area contributed by atoms with Crippen molar-refractivity contribution in [2.45, 2.75) is 110 Å². The number of carbonyl (C=O) groups is 3. The van der Waals surface area contributed by atoms with Crippen molar-refractivity contribution in [1.29, 1.82) is 0 Å². The van der Waals surface area contributed by atoms with Gasteiger partial charge in [-0.25, -0.2) is 0 Å². The van der Waals surface area contributed by atoms with Gasteiger partial charge < -0.3 is 15.3 Å². The molecule has 0 bridgehead atoms. The number of carboxylic acid groups (broad SMARTS) is 3. The van der Waals surface area contributed by atoms with Gasteiger partial charge in [0.15, 0.2) is 0 Å². The molecule has 0 aliphatic rings. The minimum Gasteiger partial charge on any atom is -0.481 e. The van der Waals surface area contributed by atoms with E-state index in [1.54, 1.807) is 0 Å². The van der Waals surface area contributed by atoms with E-state index in [1.165, 1.54) is 70.6 Å². The molecule has 3 N–H and O–H groups in total. The maximum absolute atomic E-state index is 10.3. The van der Waals surface area contributed by atoms with E-state index in [-0.39, 0.29) is 12.8 Å². The van der Waals surface area contributed by atoms with Crippen molar-refractivity contribution in [3.63, 3.8) is 0 Å². The van der Waals surface area contributed by atoms with Gasteiger partial charge in [-0.05, 0) is 32.1 Å². The molecular weight excluding hydrogens is 360 g/mol. The van der Waals surface area contributed by atoms with Crippen LogP contribution < -0.4 is 0 Å². The van der Waals surface area contributed by atoms with Crippen molar-refractivity contribution in [2.75, 3.05) is 0 Å². The van der Waals surface area contributed by atoms with Crippen molar-refractivity contribution in [3.8, 4) is 0 Å². The van der Waals surface area contributed by atoms with Crippen molar-refractivity contribution in [3.05, 3.63) is 12.2 Å². The SMILES string of the molecule is CCCCCCCCC=CCCCCCCCC(=O)O.O=C(O)CCC(=O)O. The highest BCUT2D eigenvalue weighted by molar-refractivity contribution is 5.75. The van der Waals surface area contributed by atoms with E-state index in [0.717, 1.165) is 12.8 Å². The van der Waals surface area contributed by atoms with Crippen molar-refractivity contribution < 1.29 is 29.7 Å². The second kappa shape index (κ2) is 23.2. The van der Waals surface area contributed by atoms with Gasteiger partial charge >= 0.3 is 17.9 Å². The monoisotopic (exact) mass is 400 g/mol. The average molecular weight is 401 g/mol. The maximum atomic E-state index is 10.3. The Kier molecular flexibility index (Phi) is 23.5. The Balaban J connectivity index is 0. The van der Waals surface area contributed by atoms with Gasteiger partial charge in [0.25, 0.3) is 0 Å². The Bertz CT molecular complexity index is 403. The first kappa shape index (κ1) is 28.4. The predicted octanol–water partition coefficient (Wildman–Crippen LogP) is 6.04. The summed E-state index contributed by atoms with van der Waals surface area (Å²) in [6.45, 7) is 2.26. The molecule has 28 heavy (non-hydrogen) atoms. The molecule has 0 aromatic rings. The summed E-state index contributed by atoms with van der Waals surface area (Å²) in [5.74, 6) is -2.82. The van der Waals surface area contributed by atoms with Crippen LogP contribution in [-0.2, 0) is 14.4 Å². The summed E-state index contributed by atoms with van der Waals surface area (Å²) in [6, 6.07) is 0. The summed E-state index contributed by atoms with van der Waals surface area (Å²) in [5.41, 5.74) is 0. The number of hydrogen-bond acceptors (Lipinski definition) is 3. The quantitative estimate of drug-likeness (QED) is 0.191. The van der Waals surface area contributed by atoms with Crippen LogP contribution in [0.2, 0.25) is 0 Å². The molecule has 0 aliphatic carbocycles. The molecule has 0 aromatic carbocycles. The number of carboxylic acids is 3. The highest BCUT2D eigenvalue weighted by Crippen LogP contribution is 2.09. The summed E-state index contributed by atoms with van der Waals surface area (Å²) in [4.78, 5) is 29.6. The lowest BCUT2D eigenvalue weighted by molar-refractivity contribution is -0.143. The van der Waals surface area contributed by atoms with E-state index in [0.29, 0.717) is 6.42 Å². The predicted molar refractivity (Wildman–Crippen MR) is 112 cm³/mol. The molecule has 0 rings (SSSR count). The van der Waals surface area contributed by atoms with E-state index in [4.69, 9.17) is 15.3 Å². The van der Waals surface area contributed by atoms with Gasteiger partial charge in [-0.15, -0.1) is 0 Å². The molecule has 0 atom stereocenters. The number of unbranched alkanes of at least 4 members (excludes halogenated alkanes) is 11. The average Bonchev–Trinajstić information content (AvgIpc) is 2.63. The number of hydrogen-bond donors (Lipinski definition) is 3. The first-order chi connectivity index (χ1) is 13.4. The summed E-state index contributed by atoms with van der Waals surface area (Å²) < 4.78 is 0. The molecule has 0 radical (unpaired) electrons. The van der Waals surface area contributed by atoms with Crippen LogP contribution in [-0.4, -0.2) is 33.2 Å². The lowest BCUT2D eigenvalue weighted by atomic mass is 10.1. The Hall–Kier alpha value is -1.85. The van der Waals surface area contributed by atoms with Gasteiger partial charge in [0.05, 0.1) is 12.8 Å². The third-order valence-corrected chi connectivity index (χ3v) is 4.21. The minimum atomic E-state index is -1.08. The van der Waals surface area contributed by atoms with Crippen LogP contribution in [0, 0.1) is 0 Å². The fourth-order valence-electron chi connectivity index (χ4n) is 2.56. The fourth-order valence-corrected chi connectivity index (χ4v) is 2.56. The van der Waals surface area contributed by atoms with Crippen molar-refractivity contribution in [2.24, 2.45) is 0 Å². The zero-order valence-electron chi connectivity index (χ0n) is 17.5. The van der Waals surface area contributed by atoms with Gasteiger partial charge in [0, 0.05) is 6.42 Å². The minimum absolute atomic E-state index is 0.296. The Morgan fingerprint density at radius 1 is 0.536 bits per heavy atom. The van der Waals surface area contributed by atoms with Crippen LogP contribution in [0.5, 0.6) is 0 Å². The van der Waals surface area contributed by atoms with Crippen LogP contribution in [0.3, 0.4) is 0 Å². The Morgan fingerprint density at radius 2 is 0.893 bits per heavy atom. The zero-order valence-corrected chi connectivity index (χ0v) is 17.5. The molecule has 0 amide bonds. The van der Waals surface area contributed by atoms with Gasteiger partial charge in [-0.1, -0.05) is 70.4 Å². The summed E-state index contributed by atoms with van der Waals surface area (Å²) in [6.07, 6.45) is 20.6. The van der Waals surface area contributed by atoms with Crippen LogP contribution in [0.25, 0.3) is 0 Å². The standard InChI is InChI=1S/C18H34O2.C4H6O4/c1-2-3-4-5-6-7-8-9-10-11-12-13-14-15-16-17-18(19)20;5-3(6)1-2-4(7)8/h9-10H,2-8,11-17H2,1H3,(H,19,20);1-2H2,(H,5,6)(H,7,8). The molecule has 0 saturated carbocycles. The molecule has 0 unspecified atom stereocenters. The van der Waals surface area contributed by atoms with Crippen LogP contribution >= 0.6 is 0 Å².